The Morgan fingerprint density at radius 3 is 2.04 bits per heavy atom. The summed E-state index contributed by atoms with van der Waals surface area (Å²) in [5, 5.41) is 0. The van der Waals surface area contributed by atoms with Crippen LogP contribution in [0.2, 0.25) is 0 Å². The maximum Gasteiger partial charge on any atom is 0.158 e. The summed E-state index contributed by atoms with van der Waals surface area (Å²) in [4.78, 5) is 27.2. The van der Waals surface area contributed by atoms with Crippen molar-refractivity contribution in [3.8, 4) is 0 Å². The van der Waals surface area contributed by atoms with E-state index in [2.05, 4.69) is 52.8 Å². The normalized spacial score (nSPS) is 35.4. The number of hydrogen-bond donors (Lipinski definition) is 0. The van der Waals surface area contributed by atoms with Gasteiger partial charge in [0, 0.05) is 17.8 Å². The molecule has 1 fully saturated rings. The minimum absolute atomic E-state index is 0.00144. The third kappa shape index (κ3) is 1.95. The molecule has 4 atom stereocenters. The number of rotatable bonds is 0. The van der Waals surface area contributed by atoms with Crippen molar-refractivity contribution < 1.29 is 9.59 Å². The highest BCUT2D eigenvalue weighted by atomic mass is 16.2. The minimum atomic E-state index is -0.969. The van der Waals surface area contributed by atoms with E-state index < -0.39 is 10.8 Å². The molecule has 0 unspecified atom stereocenters. The van der Waals surface area contributed by atoms with Crippen LogP contribution in [-0.4, -0.2) is 11.6 Å². The lowest BCUT2D eigenvalue weighted by atomic mass is 9.54. The summed E-state index contributed by atoms with van der Waals surface area (Å²) in [6, 6.07) is 0. The molecule has 2 bridgehead atoms. The van der Waals surface area contributed by atoms with E-state index >= 15 is 0 Å². The molecular formula is C22H30O2. The highest BCUT2D eigenvalue weighted by Crippen LogP contribution is 2.63. The first-order valence-electron chi connectivity index (χ1n) is 9.01. The van der Waals surface area contributed by atoms with Gasteiger partial charge in [-0.3, -0.25) is 9.59 Å². The molecule has 0 N–H and O–H groups in total. The van der Waals surface area contributed by atoms with Crippen molar-refractivity contribution in [3.63, 3.8) is 0 Å². The maximum atomic E-state index is 13.6. The third-order valence-electron chi connectivity index (χ3n) is 6.28. The fourth-order valence-electron chi connectivity index (χ4n) is 5.00. The minimum Gasteiger partial charge on any atom is -0.298 e. The summed E-state index contributed by atoms with van der Waals surface area (Å²) in [5.41, 5.74) is 2.07. The second kappa shape index (κ2) is 4.80. The Morgan fingerprint density at radius 1 is 1.00 bits per heavy atom. The second-order valence-electron chi connectivity index (χ2n) is 9.98. The molecule has 3 aliphatic rings. The summed E-state index contributed by atoms with van der Waals surface area (Å²) in [6.45, 7) is 16.7. The number of Topliss-reactive ketones (excluding diaryl/α,β-unsaturated/α-hetero) is 2. The van der Waals surface area contributed by atoms with Crippen LogP contribution in [0.15, 0.2) is 34.9 Å². The first kappa shape index (κ1) is 17.4. The molecule has 0 aromatic rings. The average Bonchev–Trinajstić information content (AvgIpc) is 2.92. The Kier molecular flexibility index (Phi) is 3.48. The van der Waals surface area contributed by atoms with Crippen LogP contribution in [0.4, 0.5) is 0 Å². The van der Waals surface area contributed by atoms with Gasteiger partial charge in [0.05, 0.1) is 0 Å². The van der Waals surface area contributed by atoms with Crippen molar-refractivity contribution in [1.82, 2.24) is 0 Å². The standard InChI is InChI=1S/C22H30O2/c1-12(2)13-9-10-14-16(13)17-15(20(3,4)5)11-22(18(14)23,19(17)24)21(6,7)8/h9-11,14,16-17H,1-8H3/t14-,16+,17+,22+/m1/s1. The van der Waals surface area contributed by atoms with E-state index in [-0.39, 0.29) is 34.7 Å². The zero-order chi connectivity index (χ0) is 18.2. The molecule has 0 aliphatic heterocycles. The zero-order valence-electron chi connectivity index (χ0n) is 16.3. The van der Waals surface area contributed by atoms with Gasteiger partial charge in [-0.15, -0.1) is 0 Å². The molecule has 3 aliphatic carbocycles. The molecule has 0 radical (unpaired) electrons. The lowest BCUT2D eigenvalue weighted by molar-refractivity contribution is -0.152. The molecular weight excluding hydrogens is 296 g/mol. The summed E-state index contributed by atoms with van der Waals surface area (Å²) < 4.78 is 0. The van der Waals surface area contributed by atoms with Crippen LogP contribution in [0.5, 0.6) is 0 Å². The Labute approximate surface area is 146 Å². The van der Waals surface area contributed by atoms with Crippen molar-refractivity contribution >= 4 is 11.6 Å². The fraction of sp³-hybridized carbons (Fsp3) is 0.636. The first-order chi connectivity index (χ1) is 10.8. The highest BCUT2D eigenvalue weighted by Gasteiger charge is 2.68. The lowest BCUT2D eigenvalue weighted by Gasteiger charge is -2.45. The number of hydrogen-bond acceptors (Lipinski definition) is 2. The molecule has 3 rings (SSSR count). The monoisotopic (exact) mass is 326 g/mol. The molecule has 2 nitrogen and oxygen atoms in total. The molecule has 0 heterocycles. The number of ketones is 2. The smallest absolute Gasteiger partial charge is 0.158 e. The average molecular weight is 326 g/mol. The van der Waals surface area contributed by atoms with Gasteiger partial charge in [0.1, 0.15) is 5.41 Å². The van der Waals surface area contributed by atoms with Crippen LogP contribution in [-0.2, 0) is 9.59 Å². The van der Waals surface area contributed by atoms with E-state index in [4.69, 9.17) is 0 Å². The van der Waals surface area contributed by atoms with E-state index in [1.54, 1.807) is 0 Å². The molecule has 24 heavy (non-hydrogen) atoms. The molecule has 130 valence electrons. The van der Waals surface area contributed by atoms with E-state index in [1.165, 1.54) is 11.1 Å². The Balaban J connectivity index is 2.30. The van der Waals surface area contributed by atoms with Crippen molar-refractivity contribution in [2.45, 2.75) is 55.4 Å². The largest absolute Gasteiger partial charge is 0.298 e. The van der Waals surface area contributed by atoms with Gasteiger partial charge in [-0.2, -0.15) is 0 Å². The molecule has 2 heteroatoms. The Bertz CT molecular complexity index is 714. The summed E-state index contributed by atoms with van der Waals surface area (Å²) in [7, 11) is 0. The molecule has 0 spiro atoms. The topological polar surface area (TPSA) is 34.1 Å². The SMILES string of the molecule is CC(C)=C1C=C[C@H]2C(=O)[C@@]3(C(C)(C)C)C=C(C(C)(C)C)[C@H](C3=O)[C@@H]12. The second-order valence-corrected chi connectivity index (χ2v) is 9.98. The van der Waals surface area contributed by atoms with Crippen LogP contribution in [0.3, 0.4) is 0 Å². The van der Waals surface area contributed by atoms with Gasteiger partial charge in [-0.25, -0.2) is 0 Å². The highest BCUT2D eigenvalue weighted by molar-refractivity contribution is 6.18. The quantitative estimate of drug-likeness (QED) is 0.468. The Hall–Kier alpha value is -1.44. The van der Waals surface area contributed by atoms with Gasteiger partial charge < -0.3 is 0 Å². The molecule has 0 aromatic heterocycles. The van der Waals surface area contributed by atoms with E-state index in [0.29, 0.717) is 0 Å². The third-order valence-corrected chi connectivity index (χ3v) is 6.28. The van der Waals surface area contributed by atoms with Gasteiger partial charge >= 0.3 is 0 Å². The van der Waals surface area contributed by atoms with E-state index in [9.17, 15) is 9.59 Å². The summed E-state index contributed by atoms with van der Waals surface area (Å²) >= 11 is 0. The first-order valence-corrected chi connectivity index (χ1v) is 9.01. The van der Waals surface area contributed by atoms with E-state index in [0.717, 1.165) is 5.57 Å². The fourth-order valence-corrected chi connectivity index (χ4v) is 5.00. The summed E-state index contributed by atoms with van der Waals surface area (Å²) in [6.07, 6.45) is 6.21. The summed E-state index contributed by atoms with van der Waals surface area (Å²) in [5.74, 6) is -0.0835. The number of allylic oxidation sites excluding steroid dienone is 6. The van der Waals surface area contributed by atoms with Crippen LogP contribution in [0.25, 0.3) is 0 Å². The van der Waals surface area contributed by atoms with Gasteiger partial charge in [0.15, 0.2) is 11.6 Å². The molecule has 0 saturated heterocycles. The maximum absolute atomic E-state index is 13.6. The van der Waals surface area contributed by atoms with Crippen LogP contribution in [0.1, 0.15) is 55.4 Å². The zero-order valence-corrected chi connectivity index (χ0v) is 16.3. The predicted molar refractivity (Wildman–Crippen MR) is 97.4 cm³/mol. The van der Waals surface area contributed by atoms with Gasteiger partial charge in [-0.1, -0.05) is 70.9 Å². The molecule has 0 aromatic carbocycles. The van der Waals surface area contributed by atoms with Crippen molar-refractivity contribution in [3.05, 3.63) is 34.9 Å². The lowest BCUT2D eigenvalue weighted by Crippen LogP contribution is -2.56. The van der Waals surface area contributed by atoms with Crippen molar-refractivity contribution in [1.29, 1.82) is 0 Å². The van der Waals surface area contributed by atoms with Crippen molar-refractivity contribution in [2.75, 3.05) is 0 Å². The van der Waals surface area contributed by atoms with Gasteiger partial charge in [0.25, 0.3) is 0 Å². The predicted octanol–water partition coefficient (Wildman–Crippen LogP) is 4.91. The molecule has 1 saturated carbocycles. The van der Waals surface area contributed by atoms with Crippen LogP contribution >= 0.6 is 0 Å². The number of fused-ring (bicyclic) bond motifs is 4. The molecule has 0 amide bonds. The number of carbonyl (C=O) groups is 2. The van der Waals surface area contributed by atoms with Crippen LogP contribution < -0.4 is 0 Å². The van der Waals surface area contributed by atoms with Gasteiger partial charge in [0.2, 0.25) is 0 Å². The number of carbonyl (C=O) groups excluding carboxylic acids is 2. The Morgan fingerprint density at radius 2 is 1.58 bits per heavy atom. The van der Waals surface area contributed by atoms with Crippen LogP contribution in [0, 0.1) is 34.0 Å². The van der Waals surface area contributed by atoms with E-state index in [1.807, 2.05) is 20.8 Å². The van der Waals surface area contributed by atoms with Gasteiger partial charge in [-0.05, 0) is 30.3 Å². The van der Waals surface area contributed by atoms with Crippen molar-refractivity contribution in [2.24, 2.45) is 34.0 Å².